The van der Waals surface area contributed by atoms with Gasteiger partial charge >= 0.3 is 0 Å². The molecule has 1 fully saturated rings. The molecule has 0 bridgehead atoms. The molecule has 0 spiro atoms. The average molecular weight is 329 g/mol. The van der Waals surface area contributed by atoms with Gasteiger partial charge in [-0.15, -0.1) is 11.8 Å². The summed E-state index contributed by atoms with van der Waals surface area (Å²) in [7, 11) is 0. The maximum absolute atomic E-state index is 12.1. The monoisotopic (exact) mass is 329 g/mol. The number of thioether (sulfide) groups is 1. The van der Waals surface area contributed by atoms with Crippen LogP contribution in [0.2, 0.25) is 0 Å². The molecule has 4 heteroatoms. The van der Waals surface area contributed by atoms with E-state index in [2.05, 4.69) is 35.6 Å². The lowest BCUT2D eigenvalue weighted by molar-refractivity contribution is -0.119. The van der Waals surface area contributed by atoms with Crippen LogP contribution in [0.4, 0.5) is 0 Å². The van der Waals surface area contributed by atoms with E-state index in [0.717, 1.165) is 30.6 Å². The zero-order valence-electron chi connectivity index (χ0n) is 13.2. The standard InChI is InChI=1S/C19H23NO2S/c21-12-14-5-8-17(9-6-14)20-19(22)13-23-18-10-7-15-3-1-2-4-16(15)11-18/h1-4,7,10-11,14,17,21H,5-6,8-9,12-13H2,(H,20,22). The Morgan fingerprint density at radius 3 is 2.57 bits per heavy atom. The van der Waals surface area contributed by atoms with Crippen molar-refractivity contribution in [1.82, 2.24) is 5.32 Å². The molecule has 0 atom stereocenters. The lowest BCUT2D eigenvalue weighted by Crippen LogP contribution is -2.38. The first-order valence-electron chi connectivity index (χ1n) is 8.26. The Hall–Kier alpha value is -1.52. The lowest BCUT2D eigenvalue weighted by Gasteiger charge is -2.27. The van der Waals surface area contributed by atoms with Crippen LogP contribution >= 0.6 is 11.8 Å². The van der Waals surface area contributed by atoms with Crippen molar-refractivity contribution in [2.24, 2.45) is 5.92 Å². The minimum atomic E-state index is 0.107. The van der Waals surface area contributed by atoms with Gasteiger partial charge in [0.1, 0.15) is 0 Å². The lowest BCUT2D eigenvalue weighted by atomic mass is 9.86. The van der Waals surface area contributed by atoms with E-state index in [0.29, 0.717) is 11.7 Å². The van der Waals surface area contributed by atoms with Crippen LogP contribution in [0.15, 0.2) is 47.4 Å². The van der Waals surface area contributed by atoms with Crippen LogP contribution in [-0.4, -0.2) is 29.4 Å². The Morgan fingerprint density at radius 2 is 1.83 bits per heavy atom. The van der Waals surface area contributed by atoms with E-state index in [1.807, 2.05) is 12.1 Å². The van der Waals surface area contributed by atoms with Gasteiger partial charge in [-0.1, -0.05) is 30.3 Å². The number of benzene rings is 2. The Labute approximate surface area is 141 Å². The molecule has 0 heterocycles. The van der Waals surface area contributed by atoms with Gasteiger partial charge in [0.25, 0.3) is 0 Å². The first-order valence-corrected chi connectivity index (χ1v) is 9.25. The predicted molar refractivity (Wildman–Crippen MR) is 95.6 cm³/mol. The summed E-state index contributed by atoms with van der Waals surface area (Å²) in [5.41, 5.74) is 0. The molecule has 0 unspecified atom stereocenters. The zero-order chi connectivity index (χ0) is 16.1. The molecule has 2 aromatic carbocycles. The second-order valence-electron chi connectivity index (χ2n) is 6.27. The molecular weight excluding hydrogens is 306 g/mol. The van der Waals surface area contributed by atoms with E-state index in [4.69, 9.17) is 5.11 Å². The molecule has 0 radical (unpaired) electrons. The van der Waals surface area contributed by atoms with Crippen molar-refractivity contribution in [3.05, 3.63) is 42.5 Å². The minimum absolute atomic E-state index is 0.107. The highest BCUT2D eigenvalue weighted by molar-refractivity contribution is 8.00. The van der Waals surface area contributed by atoms with Gasteiger partial charge in [-0.3, -0.25) is 4.79 Å². The molecule has 1 saturated carbocycles. The summed E-state index contributed by atoms with van der Waals surface area (Å²) in [4.78, 5) is 13.2. The molecule has 3 rings (SSSR count). The SMILES string of the molecule is O=C(CSc1ccc2ccccc2c1)NC1CCC(CO)CC1. The number of carbonyl (C=O) groups excluding carboxylic acids is 1. The van der Waals surface area contributed by atoms with Gasteiger partial charge < -0.3 is 10.4 Å². The maximum Gasteiger partial charge on any atom is 0.230 e. The minimum Gasteiger partial charge on any atom is -0.396 e. The van der Waals surface area contributed by atoms with Gasteiger partial charge in [0.2, 0.25) is 5.91 Å². The van der Waals surface area contributed by atoms with Crippen molar-refractivity contribution in [3.8, 4) is 0 Å². The van der Waals surface area contributed by atoms with E-state index in [1.54, 1.807) is 11.8 Å². The van der Waals surface area contributed by atoms with Gasteiger partial charge in [-0.2, -0.15) is 0 Å². The van der Waals surface area contributed by atoms with Crippen LogP contribution < -0.4 is 5.32 Å². The van der Waals surface area contributed by atoms with Crippen LogP contribution in [0, 0.1) is 5.92 Å². The largest absolute Gasteiger partial charge is 0.396 e. The molecule has 0 aliphatic heterocycles. The van der Waals surface area contributed by atoms with Crippen molar-refractivity contribution in [3.63, 3.8) is 0 Å². The second kappa shape index (κ2) is 7.84. The number of hydrogen-bond acceptors (Lipinski definition) is 3. The van der Waals surface area contributed by atoms with Gasteiger partial charge in [-0.05, 0) is 54.5 Å². The van der Waals surface area contributed by atoms with Crippen molar-refractivity contribution in [2.75, 3.05) is 12.4 Å². The number of amides is 1. The number of rotatable bonds is 5. The van der Waals surface area contributed by atoms with E-state index in [1.165, 1.54) is 10.8 Å². The molecule has 2 aromatic rings. The van der Waals surface area contributed by atoms with E-state index >= 15 is 0 Å². The molecule has 1 aliphatic rings. The van der Waals surface area contributed by atoms with Crippen molar-refractivity contribution in [1.29, 1.82) is 0 Å². The molecule has 0 aromatic heterocycles. The molecule has 2 N–H and O–H groups in total. The number of carbonyl (C=O) groups is 1. The Balaban J connectivity index is 1.48. The Kier molecular flexibility index (Phi) is 5.57. The fraction of sp³-hybridized carbons (Fsp3) is 0.421. The number of aliphatic hydroxyl groups is 1. The smallest absolute Gasteiger partial charge is 0.230 e. The molecule has 23 heavy (non-hydrogen) atoms. The number of aliphatic hydroxyl groups excluding tert-OH is 1. The third-order valence-electron chi connectivity index (χ3n) is 4.56. The van der Waals surface area contributed by atoms with Gasteiger partial charge in [0.15, 0.2) is 0 Å². The molecule has 1 amide bonds. The molecule has 1 aliphatic carbocycles. The van der Waals surface area contributed by atoms with Gasteiger partial charge in [0.05, 0.1) is 5.75 Å². The van der Waals surface area contributed by atoms with Gasteiger partial charge in [0, 0.05) is 17.5 Å². The molecule has 3 nitrogen and oxygen atoms in total. The number of fused-ring (bicyclic) bond motifs is 1. The van der Waals surface area contributed by atoms with Crippen molar-refractivity contribution < 1.29 is 9.90 Å². The van der Waals surface area contributed by atoms with Crippen molar-refractivity contribution >= 4 is 28.4 Å². The summed E-state index contributed by atoms with van der Waals surface area (Å²) in [6.45, 7) is 0.276. The number of hydrogen-bond donors (Lipinski definition) is 2. The summed E-state index contributed by atoms with van der Waals surface area (Å²) >= 11 is 1.58. The summed E-state index contributed by atoms with van der Waals surface area (Å²) in [5, 5.41) is 14.7. The first kappa shape index (κ1) is 16.3. The van der Waals surface area contributed by atoms with E-state index in [9.17, 15) is 4.79 Å². The maximum atomic E-state index is 12.1. The molecule has 0 saturated heterocycles. The van der Waals surface area contributed by atoms with E-state index < -0.39 is 0 Å². The highest BCUT2D eigenvalue weighted by Crippen LogP contribution is 2.25. The molecule has 122 valence electrons. The third-order valence-corrected chi connectivity index (χ3v) is 5.55. The van der Waals surface area contributed by atoms with Crippen LogP contribution in [0.1, 0.15) is 25.7 Å². The summed E-state index contributed by atoms with van der Waals surface area (Å²) in [6.07, 6.45) is 3.99. The predicted octanol–water partition coefficient (Wildman–Crippen LogP) is 3.60. The Morgan fingerprint density at radius 1 is 1.09 bits per heavy atom. The normalized spacial score (nSPS) is 21.3. The highest BCUT2D eigenvalue weighted by Gasteiger charge is 2.21. The van der Waals surface area contributed by atoms with Crippen LogP contribution in [-0.2, 0) is 4.79 Å². The van der Waals surface area contributed by atoms with Gasteiger partial charge in [-0.25, -0.2) is 0 Å². The quantitative estimate of drug-likeness (QED) is 0.824. The zero-order valence-corrected chi connectivity index (χ0v) is 14.0. The van der Waals surface area contributed by atoms with E-state index in [-0.39, 0.29) is 18.6 Å². The van der Waals surface area contributed by atoms with Crippen LogP contribution in [0.3, 0.4) is 0 Å². The molecular formula is C19H23NO2S. The van der Waals surface area contributed by atoms with Crippen LogP contribution in [0.5, 0.6) is 0 Å². The average Bonchev–Trinajstić information content (AvgIpc) is 2.60. The highest BCUT2D eigenvalue weighted by atomic mass is 32.2. The second-order valence-corrected chi connectivity index (χ2v) is 7.31. The fourth-order valence-electron chi connectivity index (χ4n) is 3.16. The topological polar surface area (TPSA) is 49.3 Å². The summed E-state index contributed by atoms with van der Waals surface area (Å²) in [5.74, 6) is 0.990. The first-order chi connectivity index (χ1) is 11.2. The fourth-order valence-corrected chi connectivity index (χ4v) is 3.92. The summed E-state index contributed by atoms with van der Waals surface area (Å²) in [6, 6.07) is 14.9. The van der Waals surface area contributed by atoms with Crippen LogP contribution in [0.25, 0.3) is 10.8 Å². The van der Waals surface area contributed by atoms with Crippen molar-refractivity contribution in [2.45, 2.75) is 36.6 Å². The summed E-state index contributed by atoms with van der Waals surface area (Å²) < 4.78 is 0. The Bertz CT molecular complexity index is 665. The number of nitrogens with one attached hydrogen (secondary N) is 1. The third kappa shape index (κ3) is 4.49.